The molecule has 23 heavy (non-hydrogen) atoms. The van der Waals surface area contributed by atoms with Crippen molar-refractivity contribution in [3.8, 4) is 6.07 Å². The third-order valence-corrected chi connectivity index (χ3v) is 4.65. The number of hydrogen-bond acceptors (Lipinski definition) is 4. The number of hydrogen-bond donors (Lipinski definition) is 1. The largest absolute Gasteiger partial charge is 0.315 e. The van der Waals surface area contributed by atoms with Crippen molar-refractivity contribution < 1.29 is 4.39 Å². The number of pyridine rings is 2. The Balaban J connectivity index is 2.08. The van der Waals surface area contributed by atoms with Gasteiger partial charge in [0, 0.05) is 28.9 Å². The zero-order valence-electron chi connectivity index (χ0n) is 12.3. The molecular weight excluding hydrogens is 313 g/mol. The SMILES string of the molecule is Cc1ccncc1CSc1[nH]c(=O)c(C#N)c2ccc(F)cc12. The van der Waals surface area contributed by atoms with Crippen molar-refractivity contribution in [2.24, 2.45) is 0 Å². The van der Waals surface area contributed by atoms with Crippen LogP contribution >= 0.6 is 11.8 Å². The van der Waals surface area contributed by atoms with E-state index in [4.69, 9.17) is 5.26 Å². The summed E-state index contributed by atoms with van der Waals surface area (Å²) in [6, 6.07) is 7.85. The van der Waals surface area contributed by atoms with Crippen molar-refractivity contribution in [1.82, 2.24) is 9.97 Å². The molecule has 1 N–H and O–H groups in total. The highest BCUT2D eigenvalue weighted by Crippen LogP contribution is 2.29. The molecule has 3 aromatic rings. The lowest BCUT2D eigenvalue weighted by atomic mass is 10.1. The molecule has 0 aliphatic heterocycles. The molecule has 0 atom stereocenters. The summed E-state index contributed by atoms with van der Waals surface area (Å²) in [6.07, 6.45) is 3.49. The number of aromatic amines is 1. The van der Waals surface area contributed by atoms with Crippen molar-refractivity contribution in [2.45, 2.75) is 17.7 Å². The molecule has 0 aliphatic rings. The van der Waals surface area contributed by atoms with Crippen LogP contribution in [0.15, 0.2) is 46.5 Å². The Kier molecular flexibility index (Phi) is 4.13. The van der Waals surface area contributed by atoms with Crippen LogP contribution in [0.3, 0.4) is 0 Å². The molecule has 3 rings (SSSR count). The van der Waals surface area contributed by atoms with Crippen LogP contribution in [0.1, 0.15) is 16.7 Å². The van der Waals surface area contributed by atoms with Gasteiger partial charge in [0.05, 0.1) is 5.03 Å². The fourth-order valence-corrected chi connectivity index (χ4v) is 3.39. The van der Waals surface area contributed by atoms with E-state index in [2.05, 4.69) is 9.97 Å². The van der Waals surface area contributed by atoms with Gasteiger partial charge in [-0.05, 0) is 42.3 Å². The van der Waals surface area contributed by atoms with Gasteiger partial charge < -0.3 is 4.98 Å². The number of nitrogens with one attached hydrogen (secondary N) is 1. The molecule has 0 unspecified atom stereocenters. The molecular formula is C17H12FN3OS. The van der Waals surface area contributed by atoms with E-state index < -0.39 is 11.4 Å². The van der Waals surface area contributed by atoms with Crippen LogP contribution in [0.5, 0.6) is 0 Å². The van der Waals surface area contributed by atoms with Crippen molar-refractivity contribution >= 4 is 22.5 Å². The van der Waals surface area contributed by atoms with E-state index in [-0.39, 0.29) is 5.56 Å². The molecule has 0 amide bonds. The molecule has 0 spiro atoms. The van der Waals surface area contributed by atoms with Crippen LogP contribution in [0, 0.1) is 24.1 Å². The lowest BCUT2D eigenvalue weighted by Gasteiger charge is -2.09. The highest BCUT2D eigenvalue weighted by atomic mass is 32.2. The quantitative estimate of drug-likeness (QED) is 0.748. The first-order chi connectivity index (χ1) is 11.1. The van der Waals surface area contributed by atoms with Crippen molar-refractivity contribution in [3.63, 3.8) is 0 Å². The van der Waals surface area contributed by atoms with Crippen LogP contribution in [-0.4, -0.2) is 9.97 Å². The van der Waals surface area contributed by atoms with Gasteiger partial charge in [0.1, 0.15) is 17.4 Å². The van der Waals surface area contributed by atoms with E-state index in [1.165, 1.54) is 30.0 Å². The van der Waals surface area contributed by atoms with Gasteiger partial charge in [-0.3, -0.25) is 9.78 Å². The summed E-state index contributed by atoms with van der Waals surface area (Å²) >= 11 is 1.39. The van der Waals surface area contributed by atoms with Crippen LogP contribution in [0.25, 0.3) is 10.8 Å². The summed E-state index contributed by atoms with van der Waals surface area (Å²) in [6.45, 7) is 1.98. The molecule has 1 aromatic carbocycles. The van der Waals surface area contributed by atoms with E-state index in [1.807, 2.05) is 19.1 Å². The number of rotatable bonds is 3. The molecule has 0 fully saturated rings. The van der Waals surface area contributed by atoms with E-state index >= 15 is 0 Å². The summed E-state index contributed by atoms with van der Waals surface area (Å²) in [5.41, 5.74) is 1.67. The molecule has 2 aromatic heterocycles. The second-order valence-corrected chi connectivity index (χ2v) is 6.04. The summed E-state index contributed by atoms with van der Waals surface area (Å²) in [5.74, 6) is 0.181. The molecule has 4 nitrogen and oxygen atoms in total. The third kappa shape index (κ3) is 2.96. The van der Waals surface area contributed by atoms with Crippen molar-refractivity contribution in [2.75, 3.05) is 0 Å². The van der Waals surface area contributed by atoms with E-state index in [0.717, 1.165) is 11.1 Å². The van der Waals surface area contributed by atoms with E-state index in [0.29, 0.717) is 21.6 Å². The first-order valence-corrected chi connectivity index (χ1v) is 7.86. The normalized spacial score (nSPS) is 10.7. The van der Waals surface area contributed by atoms with Crippen LogP contribution < -0.4 is 5.56 Å². The Morgan fingerprint density at radius 1 is 1.35 bits per heavy atom. The Bertz CT molecular complexity index is 991. The second-order valence-electron chi connectivity index (χ2n) is 5.05. The maximum Gasteiger partial charge on any atom is 0.267 e. The first kappa shape index (κ1) is 15.3. The number of H-pyrrole nitrogens is 1. The summed E-state index contributed by atoms with van der Waals surface area (Å²) < 4.78 is 13.6. The van der Waals surface area contributed by atoms with E-state index in [9.17, 15) is 9.18 Å². The highest BCUT2D eigenvalue weighted by molar-refractivity contribution is 7.98. The fraction of sp³-hybridized carbons (Fsp3) is 0.118. The lowest BCUT2D eigenvalue weighted by molar-refractivity contribution is 0.629. The topological polar surface area (TPSA) is 69.5 Å². The number of nitriles is 1. The second kappa shape index (κ2) is 6.23. The third-order valence-electron chi connectivity index (χ3n) is 3.58. The monoisotopic (exact) mass is 325 g/mol. The van der Waals surface area contributed by atoms with Gasteiger partial charge in [-0.15, -0.1) is 11.8 Å². The summed E-state index contributed by atoms with van der Waals surface area (Å²) in [5, 5.41) is 10.7. The molecule has 2 heterocycles. The Hall–Kier alpha value is -2.65. The zero-order chi connectivity index (χ0) is 16.4. The predicted molar refractivity (Wildman–Crippen MR) is 87.8 cm³/mol. The number of thioether (sulfide) groups is 1. The standard InChI is InChI=1S/C17H12FN3OS/c1-10-4-5-20-8-11(10)9-23-17-14-6-12(18)2-3-13(14)15(7-19)16(22)21-17/h2-6,8H,9H2,1H3,(H,21,22). The number of aryl methyl sites for hydroxylation is 1. The van der Waals surface area contributed by atoms with Crippen molar-refractivity contribution in [3.05, 3.63) is 69.5 Å². The number of fused-ring (bicyclic) bond motifs is 1. The van der Waals surface area contributed by atoms with E-state index in [1.54, 1.807) is 12.4 Å². The predicted octanol–water partition coefficient (Wildman–Crippen LogP) is 3.53. The van der Waals surface area contributed by atoms with Gasteiger partial charge in [0.25, 0.3) is 5.56 Å². The Morgan fingerprint density at radius 3 is 2.91 bits per heavy atom. The van der Waals surface area contributed by atoms with Crippen LogP contribution in [0.4, 0.5) is 4.39 Å². The average molecular weight is 325 g/mol. The maximum atomic E-state index is 13.6. The van der Waals surface area contributed by atoms with Gasteiger partial charge >= 0.3 is 0 Å². The Labute approximate surface area is 136 Å². The van der Waals surface area contributed by atoms with Crippen LogP contribution in [-0.2, 0) is 5.75 Å². The molecule has 0 aliphatic carbocycles. The molecule has 0 bridgehead atoms. The molecule has 6 heteroatoms. The molecule has 114 valence electrons. The summed E-state index contributed by atoms with van der Waals surface area (Å²) in [7, 11) is 0. The van der Waals surface area contributed by atoms with Crippen molar-refractivity contribution in [1.29, 1.82) is 5.26 Å². The smallest absolute Gasteiger partial charge is 0.267 e. The van der Waals surface area contributed by atoms with Gasteiger partial charge in [-0.2, -0.15) is 5.26 Å². The zero-order valence-corrected chi connectivity index (χ0v) is 13.1. The minimum absolute atomic E-state index is 0.00177. The fourth-order valence-electron chi connectivity index (χ4n) is 2.30. The lowest BCUT2D eigenvalue weighted by Crippen LogP contribution is -2.12. The van der Waals surface area contributed by atoms with Crippen LogP contribution in [0.2, 0.25) is 0 Å². The number of nitrogens with zero attached hydrogens (tertiary/aromatic N) is 2. The Morgan fingerprint density at radius 2 is 2.17 bits per heavy atom. The number of benzene rings is 1. The minimum atomic E-state index is -0.461. The average Bonchev–Trinajstić information content (AvgIpc) is 2.54. The number of halogens is 1. The molecule has 0 saturated heterocycles. The molecule has 0 saturated carbocycles. The van der Waals surface area contributed by atoms with Gasteiger partial charge in [0.15, 0.2) is 0 Å². The maximum absolute atomic E-state index is 13.6. The minimum Gasteiger partial charge on any atom is -0.315 e. The summed E-state index contributed by atoms with van der Waals surface area (Å²) in [4.78, 5) is 18.8. The molecule has 0 radical (unpaired) electrons. The highest BCUT2D eigenvalue weighted by Gasteiger charge is 2.12. The number of aromatic nitrogens is 2. The first-order valence-electron chi connectivity index (χ1n) is 6.88. The van der Waals surface area contributed by atoms with Gasteiger partial charge in [-0.1, -0.05) is 0 Å². The van der Waals surface area contributed by atoms with Gasteiger partial charge in [-0.25, -0.2) is 4.39 Å². The van der Waals surface area contributed by atoms with Gasteiger partial charge in [0.2, 0.25) is 0 Å².